The van der Waals surface area contributed by atoms with E-state index in [4.69, 9.17) is 14.9 Å². The minimum absolute atomic E-state index is 0.0102. The fraction of sp³-hybridized carbons (Fsp3) is 0.409. The number of rotatable bonds is 8. The maximum absolute atomic E-state index is 11.6. The molecule has 178 valence electrons. The minimum Gasteiger partial charge on any atom is -0.478 e. The van der Waals surface area contributed by atoms with E-state index in [1.54, 1.807) is 20.8 Å². The quantitative estimate of drug-likeness (QED) is 0.317. The Labute approximate surface area is 187 Å². The van der Waals surface area contributed by atoms with Crippen molar-refractivity contribution in [3.8, 4) is 0 Å². The Hall–Kier alpha value is -3.53. The number of carbonyl (C=O) groups is 5. The minimum atomic E-state index is -0.935. The molecule has 1 heterocycles. The largest absolute Gasteiger partial charge is 0.478 e. The molecule has 10 nitrogen and oxygen atoms in total. The van der Waals surface area contributed by atoms with Crippen LogP contribution in [0.15, 0.2) is 47.6 Å². The van der Waals surface area contributed by atoms with Crippen LogP contribution in [0.3, 0.4) is 0 Å². The van der Waals surface area contributed by atoms with Crippen LogP contribution in [-0.2, 0) is 33.4 Å². The Morgan fingerprint density at radius 2 is 1.16 bits per heavy atom. The van der Waals surface area contributed by atoms with Gasteiger partial charge in [-0.1, -0.05) is 19.7 Å². The fourth-order valence-electron chi connectivity index (χ4n) is 1.64. The van der Waals surface area contributed by atoms with Crippen molar-refractivity contribution in [1.82, 2.24) is 4.90 Å². The summed E-state index contributed by atoms with van der Waals surface area (Å²) < 4.78 is 9.29. The van der Waals surface area contributed by atoms with E-state index in [1.165, 1.54) is 13.8 Å². The zero-order chi connectivity index (χ0) is 25.6. The Balaban J connectivity index is 0. The molecular weight excluding hydrogens is 422 g/mol. The Morgan fingerprint density at radius 3 is 1.44 bits per heavy atom. The van der Waals surface area contributed by atoms with Gasteiger partial charge in [-0.05, 0) is 34.6 Å². The van der Waals surface area contributed by atoms with Gasteiger partial charge >= 0.3 is 17.9 Å². The molecule has 10 heteroatoms. The predicted octanol–water partition coefficient (Wildman–Crippen LogP) is 1.56. The van der Waals surface area contributed by atoms with Gasteiger partial charge in [0.2, 0.25) is 0 Å². The van der Waals surface area contributed by atoms with E-state index in [0.29, 0.717) is 16.7 Å². The number of carboxylic acids is 1. The average Bonchev–Trinajstić information content (AvgIpc) is 2.90. The molecule has 0 aromatic carbocycles. The molecule has 2 amide bonds. The van der Waals surface area contributed by atoms with Crippen LogP contribution in [0.2, 0.25) is 0 Å². The van der Waals surface area contributed by atoms with Crippen molar-refractivity contribution in [1.29, 1.82) is 0 Å². The summed E-state index contributed by atoms with van der Waals surface area (Å²) in [5, 5.41) is 16.1. The molecule has 0 atom stereocenters. The lowest BCUT2D eigenvalue weighted by atomic mass is 10.2. The molecule has 1 aliphatic heterocycles. The van der Waals surface area contributed by atoms with Crippen molar-refractivity contribution in [2.24, 2.45) is 0 Å². The molecular formula is C22H31NO9. The van der Waals surface area contributed by atoms with Crippen molar-refractivity contribution in [3.05, 3.63) is 47.6 Å². The van der Waals surface area contributed by atoms with Gasteiger partial charge in [0.05, 0.1) is 13.2 Å². The van der Waals surface area contributed by atoms with Gasteiger partial charge < -0.3 is 19.7 Å². The molecule has 0 saturated carbocycles. The summed E-state index contributed by atoms with van der Waals surface area (Å²) in [6.45, 7) is 17.7. The summed E-state index contributed by atoms with van der Waals surface area (Å²) in [5.74, 6) is -2.55. The Morgan fingerprint density at radius 1 is 0.812 bits per heavy atom. The van der Waals surface area contributed by atoms with Crippen LogP contribution in [0.5, 0.6) is 0 Å². The third-order valence-corrected chi connectivity index (χ3v) is 3.63. The number of nitrogens with zero attached hydrogens (tertiary/aromatic N) is 1. The van der Waals surface area contributed by atoms with E-state index in [2.05, 4.69) is 24.5 Å². The first-order chi connectivity index (χ1) is 14.7. The monoisotopic (exact) mass is 453 g/mol. The van der Waals surface area contributed by atoms with Crippen molar-refractivity contribution < 1.29 is 43.7 Å². The third kappa shape index (κ3) is 11.6. The van der Waals surface area contributed by atoms with Gasteiger partial charge in [0.15, 0.2) is 0 Å². The molecule has 0 aliphatic carbocycles. The number of carbonyl (C=O) groups excluding carboxylic acids is 4. The molecule has 1 rings (SSSR count). The summed E-state index contributed by atoms with van der Waals surface area (Å²) in [6.07, 6.45) is 0. The maximum atomic E-state index is 11.6. The summed E-state index contributed by atoms with van der Waals surface area (Å²) >= 11 is 0. The number of carboxylic acid groups (broad SMARTS) is 1. The summed E-state index contributed by atoms with van der Waals surface area (Å²) in [5.41, 5.74) is 1.70. The molecule has 0 saturated heterocycles. The van der Waals surface area contributed by atoms with E-state index >= 15 is 0 Å². The number of imide groups is 1. The van der Waals surface area contributed by atoms with Crippen molar-refractivity contribution >= 4 is 29.7 Å². The highest BCUT2D eigenvalue weighted by atomic mass is 16.5. The fourth-order valence-corrected chi connectivity index (χ4v) is 1.64. The van der Waals surface area contributed by atoms with Crippen LogP contribution in [-0.4, -0.2) is 71.2 Å². The molecule has 0 aromatic heterocycles. The van der Waals surface area contributed by atoms with Gasteiger partial charge in [0, 0.05) is 27.9 Å². The number of esters is 2. The molecule has 2 N–H and O–H groups in total. The number of aliphatic hydroxyl groups is 1. The van der Waals surface area contributed by atoms with Gasteiger partial charge in [0.25, 0.3) is 11.8 Å². The van der Waals surface area contributed by atoms with E-state index in [-0.39, 0.29) is 49.3 Å². The van der Waals surface area contributed by atoms with E-state index < -0.39 is 17.9 Å². The lowest BCUT2D eigenvalue weighted by molar-refractivity contribution is -0.144. The van der Waals surface area contributed by atoms with Crippen LogP contribution in [0, 0.1) is 0 Å². The second kappa shape index (κ2) is 15.3. The third-order valence-electron chi connectivity index (χ3n) is 3.63. The van der Waals surface area contributed by atoms with E-state index in [9.17, 15) is 24.0 Å². The standard InChI is InChI=1S/C12H15NO4.C6H10O3.C4H6O2/c1-7(2)12(16)17-6-5-13-10(14)8(3)9(4)11(13)15;1-5(2)6(8)9-4-3-7;1-3(2)4(5)6/h1,5-6H2,2-4H3;7H,1,3-4H2,2H3;1H2,2H3,(H,5,6). The number of hydrogen-bond acceptors (Lipinski definition) is 8. The predicted molar refractivity (Wildman–Crippen MR) is 116 cm³/mol. The normalized spacial score (nSPS) is 12.1. The van der Waals surface area contributed by atoms with Gasteiger partial charge in [-0.3, -0.25) is 14.5 Å². The highest BCUT2D eigenvalue weighted by molar-refractivity contribution is 6.18. The average molecular weight is 453 g/mol. The zero-order valence-corrected chi connectivity index (χ0v) is 19.1. The van der Waals surface area contributed by atoms with Crippen molar-refractivity contribution in [3.63, 3.8) is 0 Å². The first-order valence-electron chi connectivity index (χ1n) is 9.37. The first kappa shape index (κ1) is 30.7. The van der Waals surface area contributed by atoms with Gasteiger partial charge in [-0.15, -0.1) is 0 Å². The second-order valence-electron chi connectivity index (χ2n) is 6.65. The molecule has 32 heavy (non-hydrogen) atoms. The molecule has 1 aliphatic rings. The zero-order valence-electron chi connectivity index (χ0n) is 19.1. The molecule has 0 bridgehead atoms. The van der Waals surface area contributed by atoms with Crippen molar-refractivity contribution in [2.75, 3.05) is 26.4 Å². The van der Waals surface area contributed by atoms with E-state index in [1.807, 2.05) is 0 Å². The number of aliphatic hydroxyl groups excluding tert-OH is 1. The van der Waals surface area contributed by atoms with Crippen LogP contribution in [0.1, 0.15) is 34.6 Å². The van der Waals surface area contributed by atoms with Gasteiger partial charge in [-0.25, -0.2) is 14.4 Å². The lowest BCUT2D eigenvalue weighted by Gasteiger charge is -2.14. The Bertz CT molecular complexity index is 785. The molecule has 0 radical (unpaired) electrons. The molecule has 0 spiro atoms. The molecule has 0 unspecified atom stereocenters. The first-order valence-corrected chi connectivity index (χ1v) is 9.37. The van der Waals surface area contributed by atoms with Gasteiger partial charge in [0.1, 0.15) is 13.2 Å². The van der Waals surface area contributed by atoms with Crippen LogP contribution >= 0.6 is 0 Å². The lowest BCUT2D eigenvalue weighted by Crippen LogP contribution is -2.35. The molecule has 0 aromatic rings. The number of amides is 2. The Kier molecular flexibility index (Phi) is 14.7. The number of aliphatic carboxylic acids is 1. The van der Waals surface area contributed by atoms with E-state index in [0.717, 1.165) is 4.90 Å². The smallest absolute Gasteiger partial charge is 0.333 e. The summed E-state index contributed by atoms with van der Waals surface area (Å²) in [7, 11) is 0. The van der Waals surface area contributed by atoms with Crippen LogP contribution in [0.4, 0.5) is 0 Å². The maximum Gasteiger partial charge on any atom is 0.333 e. The number of ether oxygens (including phenoxy) is 2. The van der Waals surface area contributed by atoms with Crippen molar-refractivity contribution in [2.45, 2.75) is 34.6 Å². The summed E-state index contributed by atoms with van der Waals surface area (Å²) in [6, 6.07) is 0. The van der Waals surface area contributed by atoms with Crippen LogP contribution in [0.25, 0.3) is 0 Å². The number of hydrogen-bond donors (Lipinski definition) is 2. The highest BCUT2D eigenvalue weighted by Gasteiger charge is 2.32. The second-order valence-corrected chi connectivity index (χ2v) is 6.65. The SMILES string of the molecule is C=C(C)C(=O)O.C=C(C)C(=O)OCCN1C(=O)C(C)=C(C)C1=O.C=C(C)C(=O)OCCO. The topological polar surface area (TPSA) is 148 Å². The highest BCUT2D eigenvalue weighted by Crippen LogP contribution is 2.19. The van der Waals surface area contributed by atoms with Crippen LogP contribution < -0.4 is 0 Å². The molecule has 0 fully saturated rings. The summed E-state index contributed by atoms with van der Waals surface area (Å²) in [4.78, 5) is 55.5. The van der Waals surface area contributed by atoms with Gasteiger partial charge in [-0.2, -0.15) is 0 Å².